The lowest BCUT2D eigenvalue weighted by atomic mass is 10.0. The highest BCUT2D eigenvalue weighted by Gasteiger charge is 2.24. The molecule has 0 aliphatic carbocycles. The molecule has 1 aliphatic rings. The maximum atomic E-state index is 12.9. The number of amides is 2. The number of nitrogens with zero attached hydrogens (tertiary/aromatic N) is 1. The highest BCUT2D eigenvalue weighted by molar-refractivity contribution is 7.92. The molecule has 7 nitrogen and oxygen atoms in total. The molecule has 0 aromatic heterocycles. The second-order valence-electron chi connectivity index (χ2n) is 7.88. The SMILES string of the molecule is CCS(=O)(=O)Nc1ccccc1C(=O)Nc1ccc(C(=O)N2CCCCC2C)cc1C. The minimum absolute atomic E-state index is 0.00694. The highest BCUT2D eigenvalue weighted by atomic mass is 32.2. The number of likely N-dealkylation sites (tertiary alicyclic amines) is 1. The molecule has 1 aliphatic heterocycles. The van der Waals surface area contributed by atoms with Gasteiger partial charge in [-0.1, -0.05) is 12.1 Å². The van der Waals surface area contributed by atoms with Crippen molar-refractivity contribution in [2.45, 2.75) is 46.1 Å². The smallest absolute Gasteiger partial charge is 0.257 e. The van der Waals surface area contributed by atoms with Gasteiger partial charge in [-0.15, -0.1) is 0 Å². The van der Waals surface area contributed by atoms with Crippen LogP contribution in [0.5, 0.6) is 0 Å². The normalized spacial score (nSPS) is 16.6. The molecule has 1 saturated heterocycles. The molecule has 1 fully saturated rings. The molecule has 31 heavy (non-hydrogen) atoms. The van der Waals surface area contributed by atoms with Gasteiger partial charge in [-0.25, -0.2) is 8.42 Å². The zero-order chi connectivity index (χ0) is 22.6. The quantitative estimate of drug-likeness (QED) is 0.705. The predicted molar refractivity (Wildman–Crippen MR) is 123 cm³/mol. The molecule has 1 atom stereocenters. The van der Waals surface area contributed by atoms with Gasteiger partial charge >= 0.3 is 0 Å². The van der Waals surface area contributed by atoms with Crippen LogP contribution in [0.2, 0.25) is 0 Å². The van der Waals surface area contributed by atoms with E-state index < -0.39 is 15.9 Å². The molecule has 2 amide bonds. The summed E-state index contributed by atoms with van der Waals surface area (Å²) in [6, 6.07) is 11.9. The van der Waals surface area contributed by atoms with E-state index in [1.165, 1.54) is 6.92 Å². The van der Waals surface area contributed by atoms with E-state index in [9.17, 15) is 18.0 Å². The molecule has 8 heteroatoms. The number of carbonyl (C=O) groups excluding carboxylic acids is 2. The van der Waals surface area contributed by atoms with Gasteiger partial charge in [0.15, 0.2) is 0 Å². The maximum Gasteiger partial charge on any atom is 0.257 e. The third-order valence-electron chi connectivity index (χ3n) is 5.60. The molecule has 1 unspecified atom stereocenters. The van der Waals surface area contributed by atoms with Crippen molar-refractivity contribution in [2.75, 3.05) is 22.3 Å². The summed E-state index contributed by atoms with van der Waals surface area (Å²) in [7, 11) is -3.51. The summed E-state index contributed by atoms with van der Waals surface area (Å²) in [5, 5.41) is 2.83. The third-order valence-corrected chi connectivity index (χ3v) is 6.89. The molecule has 3 rings (SSSR count). The summed E-state index contributed by atoms with van der Waals surface area (Å²) >= 11 is 0. The first kappa shape index (κ1) is 22.8. The monoisotopic (exact) mass is 443 g/mol. The van der Waals surface area contributed by atoms with Crippen LogP contribution in [0.3, 0.4) is 0 Å². The van der Waals surface area contributed by atoms with Crippen LogP contribution in [0.15, 0.2) is 42.5 Å². The van der Waals surface area contributed by atoms with Crippen LogP contribution in [-0.2, 0) is 10.0 Å². The fourth-order valence-corrected chi connectivity index (χ4v) is 4.36. The molecule has 2 N–H and O–H groups in total. The van der Waals surface area contributed by atoms with Crippen molar-refractivity contribution >= 4 is 33.2 Å². The number of piperidine rings is 1. The summed E-state index contributed by atoms with van der Waals surface area (Å²) in [6.07, 6.45) is 3.18. The first-order valence-electron chi connectivity index (χ1n) is 10.5. The van der Waals surface area contributed by atoms with Crippen molar-refractivity contribution in [3.8, 4) is 0 Å². The van der Waals surface area contributed by atoms with Crippen LogP contribution >= 0.6 is 0 Å². The molecule has 0 saturated carbocycles. The Morgan fingerprint density at radius 2 is 1.84 bits per heavy atom. The van der Waals surface area contributed by atoms with Crippen LogP contribution in [-0.4, -0.2) is 43.5 Å². The van der Waals surface area contributed by atoms with E-state index in [1.807, 2.05) is 11.8 Å². The topological polar surface area (TPSA) is 95.6 Å². The number of para-hydroxylation sites is 1. The fraction of sp³-hybridized carbons (Fsp3) is 0.391. The standard InChI is InChI=1S/C23H29N3O4S/c1-4-31(29,30)25-21-11-6-5-10-19(21)22(27)24-20-13-12-18(15-16(20)2)23(28)26-14-8-7-9-17(26)3/h5-6,10-13,15,17,25H,4,7-9,14H2,1-3H3,(H,24,27). The van der Waals surface area contributed by atoms with Gasteiger partial charge in [0.25, 0.3) is 11.8 Å². The maximum absolute atomic E-state index is 12.9. The van der Waals surface area contributed by atoms with E-state index in [0.29, 0.717) is 11.3 Å². The Hall–Kier alpha value is -2.87. The largest absolute Gasteiger partial charge is 0.336 e. The number of hydrogen-bond acceptors (Lipinski definition) is 4. The van der Waals surface area contributed by atoms with Crippen molar-refractivity contribution < 1.29 is 18.0 Å². The van der Waals surface area contributed by atoms with Crippen LogP contribution in [0.25, 0.3) is 0 Å². The van der Waals surface area contributed by atoms with Crippen LogP contribution in [0, 0.1) is 6.92 Å². The van der Waals surface area contributed by atoms with Gasteiger partial charge in [-0.2, -0.15) is 0 Å². The van der Waals surface area contributed by atoms with E-state index in [2.05, 4.69) is 17.0 Å². The average Bonchev–Trinajstić information content (AvgIpc) is 2.75. The van der Waals surface area contributed by atoms with Crippen molar-refractivity contribution in [2.24, 2.45) is 0 Å². The first-order chi connectivity index (χ1) is 14.7. The summed E-state index contributed by atoms with van der Waals surface area (Å²) in [5.74, 6) is -0.513. The Bertz CT molecular complexity index is 1080. The number of sulfonamides is 1. The van der Waals surface area contributed by atoms with Crippen LogP contribution < -0.4 is 10.0 Å². The molecule has 0 bridgehead atoms. The van der Waals surface area contributed by atoms with Gasteiger partial charge in [-0.3, -0.25) is 14.3 Å². The minimum Gasteiger partial charge on any atom is -0.336 e. The van der Waals surface area contributed by atoms with Crippen LogP contribution in [0.4, 0.5) is 11.4 Å². The molecule has 0 spiro atoms. The summed E-state index contributed by atoms with van der Waals surface area (Å²) < 4.78 is 26.3. The van der Waals surface area contributed by atoms with Crippen molar-refractivity contribution in [3.63, 3.8) is 0 Å². The lowest BCUT2D eigenvalue weighted by molar-refractivity contribution is 0.0635. The molecule has 2 aromatic carbocycles. The second-order valence-corrected chi connectivity index (χ2v) is 9.89. The average molecular weight is 444 g/mol. The minimum atomic E-state index is -3.51. The number of benzene rings is 2. The summed E-state index contributed by atoms with van der Waals surface area (Å²) in [5.41, 5.74) is 2.38. The van der Waals surface area contributed by atoms with Gasteiger partial charge in [-0.05, 0) is 75.9 Å². The lowest BCUT2D eigenvalue weighted by Crippen LogP contribution is -2.42. The molecule has 166 valence electrons. The molecular weight excluding hydrogens is 414 g/mol. The summed E-state index contributed by atoms with van der Waals surface area (Å²) in [6.45, 7) is 6.20. The molecule has 0 radical (unpaired) electrons. The van der Waals surface area contributed by atoms with Gasteiger partial charge < -0.3 is 10.2 Å². The Balaban J connectivity index is 1.78. The van der Waals surface area contributed by atoms with E-state index in [4.69, 9.17) is 0 Å². The van der Waals surface area contributed by atoms with Crippen molar-refractivity contribution in [1.29, 1.82) is 0 Å². The van der Waals surface area contributed by atoms with Gasteiger partial charge in [0.05, 0.1) is 17.0 Å². The van der Waals surface area contributed by atoms with E-state index >= 15 is 0 Å². The summed E-state index contributed by atoms with van der Waals surface area (Å²) in [4.78, 5) is 27.7. The molecule has 2 aromatic rings. The van der Waals surface area contributed by atoms with Gasteiger partial charge in [0.1, 0.15) is 0 Å². The Labute approximate surface area is 183 Å². The molecular formula is C23H29N3O4S. The second kappa shape index (κ2) is 9.51. The van der Waals surface area contributed by atoms with Crippen LogP contribution in [0.1, 0.15) is 59.4 Å². The number of rotatable bonds is 6. The number of nitrogens with one attached hydrogen (secondary N) is 2. The Morgan fingerprint density at radius 3 is 2.52 bits per heavy atom. The van der Waals surface area contributed by atoms with E-state index in [0.717, 1.165) is 31.4 Å². The number of carbonyl (C=O) groups is 2. The number of hydrogen-bond donors (Lipinski definition) is 2. The first-order valence-corrected chi connectivity index (χ1v) is 12.2. The zero-order valence-electron chi connectivity index (χ0n) is 18.1. The highest BCUT2D eigenvalue weighted by Crippen LogP contribution is 2.24. The van der Waals surface area contributed by atoms with E-state index in [-0.39, 0.29) is 29.0 Å². The zero-order valence-corrected chi connectivity index (χ0v) is 19.0. The van der Waals surface area contributed by atoms with Gasteiger partial charge in [0.2, 0.25) is 10.0 Å². The predicted octanol–water partition coefficient (Wildman–Crippen LogP) is 4.02. The number of aryl methyl sites for hydroxylation is 1. The third kappa shape index (κ3) is 5.44. The fourth-order valence-electron chi connectivity index (χ4n) is 3.70. The molecule has 1 heterocycles. The van der Waals surface area contributed by atoms with Crippen molar-refractivity contribution in [1.82, 2.24) is 4.90 Å². The number of anilines is 2. The Morgan fingerprint density at radius 1 is 1.10 bits per heavy atom. The lowest BCUT2D eigenvalue weighted by Gasteiger charge is -2.33. The van der Waals surface area contributed by atoms with E-state index in [1.54, 1.807) is 42.5 Å². The Kier molecular flexibility index (Phi) is 7.00. The van der Waals surface area contributed by atoms with Gasteiger partial charge in [0, 0.05) is 23.8 Å². The van der Waals surface area contributed by atoms with Crippen molar-refractivity contribution in [3.05, 3.63) is 59.2 Å².